The number of aliphatic hydroxyl groups excluding tert-OH is 1. The first kappa shape index (κ1) is 34.7. The maximum atomic E-state index is 13.4. The number of imide groups is 1. The van der Waals surface area contributed by atoms with Gasteiger partial charge in [-0.2, -0.15) is 0 Å². The third-order valence-electron chi connectivity index (χ3n) is 6.87. The van der Waals surface area contributed by atoms with Crippen LogP contribution in [0.4, 0.5) is 4.79 Å². The minimum absolute atomic E-state index is 0. The molecule has 3 aliphatic heterocycles. The van der Waals surface area contributed by atoms with Crippen LogP contribution < -0.4 is 45.3 Å². The number of likely N-dealkylation sites (N-methyl/N-ethyl adjacent to an activating group) is 1. The molecule has 228 valence electrons. The van der Waals surface area contributed by atoms with Crippen LogP contribution >= 0.6 is 23.5 Å². The Bertz CT molecular complexity index is 1360. The molecular weight excluding hydrogens is 621 g/mol. The molecule has 0 spiro atoms. The summed E-state index contributed by atoms with van der Waals surface area (Å²) in [5.74, 6) is -5.27. The normalized spacial score (nSPS) is 23.2. The van der Waals surface area contributed by atoms with Gasteiger partial charge in [-0.25, -0.2) is 9.48 Å². The molecule has 2 saturated heterocycles. The van der Waals surface area contributed by atoms with E-state index < -0.39 is 58.9 Å². The van der Waals surface area contributed by atoms with E-state index in [4.69, 9.17) is 4.74 Å². The molecule has 0 saturated carbocycles. The number of nitrogens with one attached hydrogen (secondary N) is 2. The van der Waals surface area contributed by atoms with E-state index in [9.17, 15) is 39.0 Å². The number of ether oxygens (including phenoxy) is 1. The van der Waals surface area contributed by atoms with Gasteiger partial charge < -0.3 is 35.3 Å². The van der Waals surface area contributed by atoms with Crippen molar-refractivity contribution in [3.05, 3.63) is 11.3 Å². The van der Waals surface area contributed by atoms with Crippen LogP contribution in [-0.4, -0.2) is 137 Å². The summed E-state index contributed by atoms with van der Waals surface area (Å²) in [4.78, 5) is 79.0. The zero-order chi connectivity index (χ0) is 30.9. The van der Waals surface area contributed by atoms with Crippen LogP contribution in [0.2, 0.25) is 0 Å². The zero-order valence-corrected chi connectivity index (χ0v) is 27.6. The third-order valence-corrected chi connectivity index (χ3v) is 9.34. The number of nitrogens with zero attached hydrogens (tertiary/aromatic N) is 7. The molecule has 4 heterocycles. The fourth-order valence-corrected chi connectivity index (χ4v) is 7.01. The van der Waals surface area contributed by atoms with Gasteiger partial charge in [-0.15, -0.1) is 16.9 Å². The number of hydrogen-bond donors (Lipinski definition) is 3. The van der Waals surface area contributed by atoms with Crippen molar-refractivity contribution in [2.45, 2.75) is 42.2 Å². The second-order valence-electron chi connectivity index (χ2n) is 9.39. The number of fused-ring (bicyclic) bond motifs is 1. The van der Waals surface area contributed by atoms with E-state index in [0.717, 1.165) is 35.5 Å². The van der Waals surface area contributed by atoms with Crippen molar-refractivity contribution in [1.29, 1.82) is 0 Å². The van der Waals surface area contributed by atoms with Crippen LogP contribution in [0, 0.1) is 0 Å². The van der Waals surface area contributed by atoms with Crippen molar-refractivity contribution >= 4 is 59.2 Å². The van der Waals surface area contributed by atoms with Crippen molar-refractivity contribution in [2.75, 3.05) is 38.2 Å². The number of piperazine rings is 1. The molecule has 3 aliphatic rings. The molecule has 1 unspecified atom stereocenters. The van der Waals surface area contributed by atoms with E-state index in [1.807, 2.05) is 0 Å². The molecule has 0 bridgehead atoms. The van der Waals surface area contributed by atoms with E-state index in [-0.39, 0.29) is 66.4 Å². The summed E-state index contributed by atoms with van der Waals surface area (Å²) in [6.07, 6.45) is -1.51. The van der Waals surface area contributed by atoms with Gasteiger partial charge in [-0.05, 0) is 29.8 Å². The van der Waals surface area contributed by atoms with E-state index in [0.29, 0.717) is 15.6 Å². The number of β-lactam (4-membered cyclic amide) rings is 1. The number of amides is 6. The first-order chi connectivity index (χ1) is 19.9. The van der Waals surface area contributed by atoms with Crippen molar-refractivity contribution in [1.82, 2.24) is 45.5 Å². The summed E-state index contributed by atoms with van der Waals surface area (Å²) in [5.41, 5.74) is -2.04. The number of thioether (sulfide) groups is 2. The molecule has 18 nitrogen and oxygen atoms in total. The number of carbonyl (C=O) groups excluding carboxylic acids is 6. The standard InChI is InChI=1S/C22H29N9O9S2.Na/c1-5-29-6-7-30(16(35)15(29)34)20(39)23-12(10(2)32)14(33)24-22(40-4)18(38)31-13(17(36)37)11(8-41-19(22)31)9-42-21-25-26-27-28(21)3;/h10,12,19,32H,5-9H2,1-4H3,(H,23,39)(H,24,33)(H,36,37);/q;+1/p-1/t10-,12+,19?,22-;/m1./s1. The predicted molar refractivity (Wildman–Crippen MR) is 140 cm³/mol. The molecule has 1 aromatic rings. The van der Waals surface area contributed by atoms with Gasteiger partial charge in [0.15, 0.2) is 0 Å². The maximum absolute atomic E-state index is 13.4. The number of carboxylic acids is 1. The zero-order valence-electron chi connectivity index (χ0n) is 23.9. The van der Waals surface area contributed by atoms with Gasteiger partial charge in [-0.3, -0.25) is 29.0 Å². The molecule has 0 aliphatic carbocycles. The maximum Gasteiger partial charge on any atom is 1.00 e. The predicted octanol–water partition coefficient (Wildman–Crippen LogP) is -7.17. The molecule has 4 atom stereocenters. The van der Waals surface area contributed by atoms with E-state index in [2.05, 4.69) is 26.2 Å². The molecule has 2 fully saturated rings. The first-order valence-electron chi connectivity index (χ1n) is 12.6. The van der Waals surface area contributed by atoms with E-state index >= 15 is 0 Å². The number of tetrazole rings is 1. The molecule has 43 heavy (non-hydrogen) atoms. The molecule has 4 rings (SSSR count). The fraction of sp³-hybridized carbons (Fsp3) is 0.591. The van der Waals surface area contributed by atoms with Crippen LogP contribution in [0.3, 0.4) is 0 Å². The van der Waals surface area contributed by atoms with Crippen molar-refractivity contribution in [2.24, 2.45) is 7.05 Å². The van der Waals surface area contributed by atoms with Gasteiger partial charge in [0.1, 0.15) is 11.4 Å². The second kappa shape index (κ2) is 13.9. The topological polar surface area (TPSA) is 232 Å². The number of aliphatic hydroxyl groups is 1. The fourth-order valence-electron chi connectivity index (χ4n) is 4.58. The number of aryl methyl sites for hydroxylation is 1. The Hall–Kier alpha value is -2.75. The van der Waals surface area contributed by atoms with Crippen molar-refractivity contribution < 1.29 is 73.3 Å². The van der Waals surface area contributed by atoms with Gasteiger partial charge in [0, 0.05) is 45.3 Å². The average molecular weight is 650 g/mol. The van der Waals surface area contributed by atoms with Crippen LogP contribution in [0.1, 0.15) is 13.8 Å². The average Bonchev–Trinajstić information content (AvgIpc) is 3.37. The van der Waals surface area contributed by atoms with E-state index in [1.165, 1.54) is 16.5 Å². The van der Waals surface area contributed by atoms with Gasteiger partial charge in [-0.1, -0.05) is 11.8 Å². The largest absolute Gasteiger partial charge is 1.00 e. The van der Waals surface area contributed by atoms with E-state index in [1.54, 1.807) is 14.0 Å². The summed E-state index contributed by atoms with van der Waals surface area (Å²) >= 11 is 2.28. The first-order valence-corrected chi connectivity index (χ1v) is 14.6. The molecule has 6 amide bonds. The quantitative estimate of drug-likeness (QED) is 0.0703. The number of carboxylic acid groups (broad SMARTS) is 1. The van der Waals surface area contributed by atoms with Crippen molar-refractivity contribution in [3.63, 3.8) is 0 Å². The Morgan fingerprint density at radius 2 is 1.95 bits per heavy atom. The number of urea groups is 1. The van der Waals surface area contributed by atoms with Crippen LogP contribution in [0.5, 0.6) is 0 Å². The second-order valence-corrected chi connectivity index (χ2v) is 11.4. The Morgan fingerprint density at radius 1 is 1.26 bits per heavy atom. The molecule has 21 heteroatoms. The number of rotatable bonds is 10. The Morgan fingerprint density at radius 3 is 2.51 bits per heavy atom. The van der Waals surface area contributed by atoms with Gasteiger partial charge in [0.05, 0.1) is 17.8 Å². The summed E-state index contributed by atoms with van der Waals surface area (Å²) < 4.78 is 6.81. The van der Waals surface area contributed by atoms with Gasteiger partial charge in [0.2, 0.25) is 11.1 Å². The Balaban J connectivity index is 0.00000506. The molecule has 1 aromatic heterocycles. The Labute approximate surface area is 275 Å². The van der Waals surface area contributed by atoms with Gasteiger partial charge in [0.25, 0.3) is 11.6 Å². The number of carbonyl (C=O) groups is 6. The Kier molecular flexibility index (Phi) is 11.2. The SMILES string of the molecule is CCN1CCN(C(=O)N[C@H](C(=O)N[C@@]2(OC)C(=O)N3C(C(=O)[O-])=C(CSc4nnnn4C)CSC32)[C@@H](C)O)C(=O)C1=O.[Na+]. The number of aromatic nitrogens is 4. The van der Waals surface area contributed by atoms with Crippen molar-refractivity contribution in [3.8, 4) is 0 Å². The summed E-state index contributed by atoms with van der Waals surface area (Å²) in [7, 11) is 2.75. The number of methoxy groups -OCH3 is 1. The van der Waals surface area contributed by atoms with Crippen LogP contribution in [0.25, 0.3) is 0 Å². The molecular formula is C22H28N9NaO9S2. The summed E-state index contributed by atoms with van der Waals surface area (Å²) in [6.45, 7) is 3.12. The number of hydrogen-bond acceptors (Lipinski definition) is 14. The molecule has 3 N–H and O–H groups in total. The minimum Gasteiger partial charge on any atom is -0.543 e. The van der Waals surface area contributed by atoms with Gasteiger partial charge >= 0.3 is 47.4 Å². The smallest absolute Gasteiger partial charge is 0.543 e. The summed E-state index contributed by atoms with van der Waals surface area (Å²) in [6, 6.07) is -2.76. The molecule has 0 radical (unpaired) electrons. The van der Waals surface area contributed by atoms with Crippen LogP contribution in [0.15, 0.2) is 16.4 Å². The molecule has 0 aromatic carbocycles. The minimum atomic E-state index is -2.04. The van der Waals surface area contributed by atoms with Crippen LogP contribution in [-0.2, 0) is 35.8 Å². The third kappa shape index (κ3) is 6.40. The monoisotopic (exact) mass is 649 g/mol. The number of aliphatic carboxylic acids is 1. The summed E-state index contributed by atoms with van der Waals surface area (Å²) in [5, 5.41) is 37.5.